The summed E-state index contributed by atoms with van der Waals surface area (Å²) in [5.74, 6) is -0.507. The number of halogens is 1. The molecule has 0 fully saturated rings. The molecule has 1 atom stereocenters. The number of alkyl halides is 1. The number of ether oxygens (including phenoxy) is 1. The molecule has 0 aromatic heterocycles. The predicted molar refractivity (Wildman–Crippen MR) is 116 cm³/mol. The fourth-order valence-corrected chi connectivity index (χ4v) is 3.38. The average Bonchev–Trinajstić information content (AvgIpc) is 2.70. The molecular weight excluding hydrogens is 442 g/mol. The van der Waals surface area contributed by atoms with E-state index in [1.165, 1.54) is 18.7 Å². The zero-order chi connectivity index (χ0) is 20.5. The standard InChI is InChI=1S/C21H22BrNO4S/c1-14(19-9-4-3-6-17(19)13-28-15(2)24)20(25)23-18-8-5-7-16(12-18)21(26)27-11-10-22/h3-9,12,14H,10-11,13H2,1-2H3,(H,23,25). The van der Waals surface area contributed by atoms with E-state index in [9.17, 15) is 14.4 Å². The number of anilines is 1. The molecule has 2 aromatic rings. The van der Waals surface area contributed by atoms with E-state index in [4.69, 9.17) is 4.74 Å². The topological polar surface area (TPSA) is 72.5 Å². The summed E-state index contributed by atoms with van der Waals surface area (Å²) in [5, 5.41) is 3.45. The van der Waals surface area contributed by atoms with Crippen LogP contribution in [0.25, 0.3) is 0 Å². The van der Waals surface area contributed by atoms with Crippen molar-refractivity contribution in [2.75, 3.05) is 17.3 Å². The van der Waals surface area contributed by atoms with Gasteiger partial charge in [-0.15, -0.1) is 0 Å². The van der Waals surface area contributed by atoms with Gasteiger partial charge in [0.25, 0.3) is 0 Å². The molecule has 1 N–H and O–H groups in total. The summed E-state index contributed by atoms with van der Waals surface area (Å²) in [5.41, 5.74) is 2.74. The Kier molecular flexibility index (Phi) is 8.73. The Balaban J connectivity index is 2.11. The largest absolute Gasteiger partial charge is 0.461 e. The van der Waals surface area contributed by atoms with Crippen molar-refractivity contribution in [3.63, 3.8) is 0 Å². The first-order chi connectivity index (χ1) is 13.4. The summed E-state index contributed by atoms with van der Waals surface area (Å²) in [6.07, 6.45) is 0. The fraction of sp³-hybridized carbons (Fsp3) is 0.286. The third-order valence-corrected chi connectivity index (χ3v) is 5.21. The lowest BCUT2D eigenvalue weighted by molar-refractivity contribution is -0.117. The highest BCUT2D eigenvalue weighted by molar-refractivity contribution is 9.09. The Bertz CT molecular complexity index is 856. The van der Waals surface area contributed by atoms with Gasteiger partial charge in [0.2, 0.25) is 5.91 Å². The van der Waals surface area contributed by atoms with E-state index in [-0.39, 0.29) is 17.6 Å². The van der Waals surface area contributed by atoms with Crippen LogP contribution in [0.15, 0.2) is 48.5 Å². The number of hydrogen-bond acceptors (Lipinski definition) is 5. The molecule has 0 heterocycles. The van der Waals surface area contributed by atoms with Crippen LogP contribution in [0, 0.1) is 0 Å². The molecule has 0 saturated heterocycles. The number of amides is 1. The molecule has 0 bridgehead atoms. The Hall–Kier alpha value is -2.12. The van der Waals surface area contributed by atoms with Gasteiger partial charge in [-0.1, -0.05) is 58.0 Å². The summed E-state index contributed by atoms with van der Waals surface area (Å²) in [6.45, 7) is 3.63. The molecule has 0 aliphatic heterocycles. The number of hydrogen-bond donors (Lipinski definition) is 1. The normalized spacial score (nSPS) is 11.5. The molecule has 1 amide bonds. The number of thioether (sulfide) groups is 1. The molecule has 0 radical (unpaired) electrons. The van der Waals surface area contributed by atoms with Gasteiger partial charge in [-0.2, -0.15) is 0 Å². The van der Waals surface area contributed by atoms with E-state index in [0.29, 0.717) is 22.3 Å². The second-order valence-corrected chi connectivity index (χ2v) is 8.04. The summed E-state index contributed by atoms with van der Waals surface area (Å²) in [7, 11) is 0. The van der Waals surface area contributed by atoms with Gasteiger partial charge in [0.05, 0.1) is 11.5 Å². The van der Waals surface area contributed by atoms with Crippen LogP contribution in [-0.4, -0.2) is 28.9 Å². The molecule has 0 saturated carbocycles. The van der Waals surface area contributed by atoms with Crippen molar-refractivity contribution < 1.29 is 19.1 Å². The van der Waals surface area contributed by atoms with E-state index >= 15 is 0 Å². The van der Waals surface area contributed by atoms with Crippen molar-refractivity contribution in [1.82, 2.24) is 0 Å². The van der Waals surface area contributed by atoms with Gasteiger partial charge in [0.15, 0.2) is 5.12 Å². The van der Waals surface area contributed by atoms with Crippen LogP contribution in [-0.2, 0) is 20.1 Å². The number of nitrogens with one attached hydrogen (secondary N) is 1. The zero-order valence-electron chi connectivity index (χ0n) is 15.7. The third-order valence-electron chi connectivity index (χ3n) is 4.02. The molecule has 2 rings (SSSR count). The smallest absolute Gasteiger partial charge is 0.338 e. The second kappa shape index (κ2) is 11.0. The monoisotopic (exact) mass is 463 g/mol. The number of carbonyl (C=O) groups excluding carboxylic acids is 3. The van der Waals surface area contributed by atoms with Gasteiger partial charge in [-0.3, -0.25) is 9.59 Å². The van der Waals surface area contributed by atoms with Crippen molar-refractivity contribution in [3.8, 4) is 0 Å². The van der Waals surface area contributed by atoms with Crippen molar-refractivity contribution in [2.45, 2.75) is 25.5 Å². The van der Waals surface area contributed by atoms with E-state index in [1.807, 2.05) is 31.2 Å². The maximum Gasteiger partial charge on any atom is 0.338 e. The minimum absolute atomic E-state index is 0.0375. The SMILES string of the molecule is CC(=O)SCc1ccccc1C(C)C(=O)Nc1cccc(C(=O)OCCBr)c1. The Morgan fingerprint density at radius 2 is 1.89 bits per heavy atom. The molecule has 1 unspecified atom stereocenters. The number of rotatable bonds is 8. The molecular formula is C21H22BrNO4S. The van der Waals surface area contributed by atoms with Gasteiger partial charge in [0.1, 0.15) is 6.61 Å². The first kappa shape index (κ1) is 22.2. The van der Waals surface area contributed by atoms with Crippen molar-refractivity contribution in [2.24, 2.45) is 0 Å². The molecule has 7 heteroatoms. The molecule has 0 aliphatic carbocycles. The Labute approximate surface area is 177 Å². The molecule has 0 aliphatic rings. The van der Waals surface area contributed by atoms with Crippen LogP contribution in [0.3, 0.4) is 0 Å². The molecule has 0 spiro atoms. The van der Waals surface area contributed by atoms with Crippen molar-refractivity contribution in [3.05, 3.63) is 65.2 Å². The van der Waals surface area contributed by atoms with Crippen LogP contribution in [0.4, 0.5) is 5.69 Å². The van der Waals surface area contributed by atoms with Gasteiger partial charge < -0.3 is 10.1 Å². The van der Waals surface area contributed by atoms with Crippen LogP contribution < -0.4 is 5.32 Å². The summed E-state index contributed by atoms with van der Waals surface area (Å²) in [4.78, 5) is 36.0. The molecule has 28 heavy (non-hydrogen) atoms. The fourth-order valence-electron chi connectivity index (χ4n) is 2.60. The van der Waals surface area contributed by atoms with E-state index in [0.717, 1.165) is 11.1 Å². The molecule has 5 nitrogen and oxygen atoms in total. The lowest BCUT2D eigenvalue weighted by atomic mass is 9.95. The first-order valence-corrected chi connectivity index (χ1v) is 10.9. The van der Waals surface area contributed by atoms with Gasteiger partial charge >= 0.3 is 5.97 Å². The highest BCUT2D eigenvalue weighted by atomic mass is 79.9. The quantitative estimate of drug-likeness (QED) is 0.451. The zero-order valence-corrected chi connectivity index (χ0v) is 18.1. The van der Waals surface area contributed by atoms with Crippen molar-refractivity contribution >= 4 is 50.4 Å². The first-order valence-electron chi connectivity index (χ1n) is 8.77. The highest BCUT2D eigenvalue weighted by Crippen LogP contribution is 2.25. The predicted octanol–water partition coefficient (Wildman–Crippen LogP) is 4.76. The second-order valence-electron chi connectivity index (χ2n) is 6.10. The maximum atomic E-state index is 12.7. The maximum absolute atomic E-state index is 12.7. The molecule has 2 aromatic carbocycles. The van der Waals surface area contributed by atoms with E-state index in [1.54, 1.807) is 24.3 Å². The summed E-state index contributed by atoms with van der Waals surface area (Å²) in [6, 6.07) is 14.3. The van der Waals surface area contributed by atoms with Crippen LogP contribution >= 0.6 is 27.7 Å². The summed E-state index contributed by atoms with van der Waals surface area (Å²) < 4.78 is 5.09. The number of esters is 1. The van der Waals surface area contributed by atoms with Gasteiger partial charge in [-0.25, -0.2) is 4.79 Å². The minimum atomic E-state index is -0.435. The lowest BCUT2D eigenvalue weighted by Gasteiger charge is -2.16. The Morgan fingerprint density at radius 1 is 1.14 bits per heavy atom. The van der Waals surface area contributed by atoms with E-state index < -0.39 is 11.9 Å². The molecule has 148 valence electrons. The van der Waals surface area contributed by atoms with Crippen LogP contribution in [0.1, 0.15) is 41.3 Å². The number of carbonyl (C=O) groups is 3. The van der Waals surface area contributed by atoms with Crippen LogP contribution in [0.5, 0.6) is 0 Å². The number of benzene rings is 2. The van der Waals surface area contributed by atoms with Gasteiger partial charge in [-0.05, 0) is 36.2 Å². The van der Waals surface area contributed by atoms with Crippen molar-refractivity contribution in [1.29, 1.82) is 0 Å². The van der Waals surface area contributed by atoms with E-state index in [2.05, 4.69) is 21.2 Å². The third kappa shape index (κ3) is 6.49. The van der Waals surface area contributed by atoms with Gasteiger partial charge in [0, 0.05) is 23.7 Å². The Morgan fingerprint density at radius 3 is 2.61 bits per heavy atom. The average molecular weight is 464 g/mol. The lowest BCUT2D eigenvalue weighted by Crippen LogP contribution is -2.20. The minimum Gasteiger partial charge on any atom is -0.461 e. The summed E-state index contributed by atoms with van der Waals surface area (Å²) >= 11 is 4.42. The highest BCUT2D eigenvalue weighted by Gasteiger charge is 2.19. The van der Waals surface area contributed by atoms with Crippen LogP contribution in [0.2, 0.25) is 0 Å².